The molecule has 3 nitrogen and oxygen atoms in total. The highest BCUT2D eigenvalue weighted by molar-refractivity contribution is 5.94. The number of hydrogen-bond donors (Lipinski definition) is 0. The van der Waals surface area contributed by atoms with Gasteiger partial charge >= 0.3 is 0 Å². The van der Waals surface area contributed by atoms with Crippen LogP contribution in [0, 0.1) is 11.6 Å². The number of rotatable bonds is 5. The van der Waals surface area contributed by atoms with Crippen LogP contribution in [-0.2, 0) is 17.9 Å². The third-order valence-corrected chi connectivity index (χ3v) is 3.25. The van der Waals surface area contributed by atoms with E-state index in [4.69, 9.17) is 4.74 Å². The van der Waals surface area contributed by atoms with E-state index in [0.29, 0.717) is 12.2 Å². The van der Waals surface area contributed by atoms with Crippen molar-refractivity contribution in [1.82, 2.24) is 4.90 Å². The Kier molecular flexibility index (Phi) is 5.22. The van der Waals surface area contributed by atoms with Crippen LogP contribution in [0.1, 0.15) is 21.5 Å². The highest BCUT2D eigenvalue weighted by Crippen LogP contribution is 2.14. The number of hydrogen-bond acceptors (Lipinski definition) is 2. The van der Waals surface area contributed by atoms with Gasteiger partial charge in [0.1, 0.15) is 11.6 Å². The second-order valence-electron chi connectivity index (χ2n) is 5.03. The second kappa shape index (κ2) is 7.13. The van der Waals surface area contributed by atoms with Gasteiger partial charge in [0, 0.05) is 37.9 Å². The number of methoxy groups -OCH3 is 1. The SMILES string of the molecule is COCc1cccc(C(=O)N(C)Cc2ccc(F)cc2F)c1. The first-order chi connectivity index (χ1) is 10.5. The number of amides is 1. The highest BCUT2D eigenvalue weighted by atomic mass is 19.1. The van der Waals surface area contributed by atoms with E-state index in [1.165, 1.54) is 17.0 Å². The smallest absolute Gasteiger partial charge is 0.253 e. The standard InChI is InChI=1S/C17H17F2NO2/c1-20(10-14-6-7-15(18)9-16(14)19)17(21)13-5-3-4-12(8-13)11-22-2/h3-9H,10-11H2,1-2H3. The maximum atomic E-state index is 13.6. The molecule has 0 spiro atoms. The number of ether oxygens (including phenoxy) is 1. The Balaban J connectivity index is 2.13. The van der Waals surface area contributed by atoms with Gasteiger partial charge in [0.25, 0.3) is 5.91 Å². The molecule has 2 aromatic rings. The van der Waals surface area contributed by atoms with E-state index in [-0.39, 0.29) is 18.0 Å². The Bertz CT molecular complexity index is 673. The average molecular weight is 305 g/mol. The van der Waals surface area contributed by atoms with E-state index in [2.05, 4.69) is 0 Å². The molecule has 0 radical (unpaired) electrons. The summed E-state index contributed by atoms with van der Waals surface area (Å²) in [5.74, 6) is -1.53. The van der Waals surface area contributed by atoms with Crippen molar-refractivity contribution in [3.8, 4) is 0 Å². The van der Waals surface area contributed by atoms with Gasteiger partial charge < -0.3 is 9.64 Å². The molecule has 2 aromatic carbocycles. The predicted molar refractivity (Wildman–Crippen MR) is 79.3 cm³/mol. The van der Waals surface area contributed by atoms with Crippen LogP contribution >= 0.6 is 0 Å². The molecule has 0 saturated heterocycles. The molecule has 0 atom stereocenters. The van der Waals surface area contributed by atoms with Crippen LogP contribution in [0.25, 0.3) is 0 Å². The Hall–Kier alpha value is -2.27. The van der Waals surface area contributed by atoms with Crippen LogP contribution in [-0.4, -0.2) is 25.0 Å². The van der Waals surface area contributed by atoms with Crippen LogP contribution in [0.3, 0.4) is 0 Å². The van der Waals surface area contributed by atoms with Crippen LogP contribution < -0.4 is 0 Å². The van der Waals surface area contributed by atoms with Crippen molar-refractivity contribution in [2.24, 2.45) is 0 Å². The zero-order valence-electron chi connectivity index (χ0n) is 12.5. The molecule has 0 N–H and O–H groups in total. The number of nitrogens with zero attached hydrogens (tertiary/aromatic N) is 1. The highest BCUT2D eigenvalue weighted by Gasteiger charge is 2.14. The van der Waals surface area contributed by atoms with Gasteiger partial charge in [-0.3, -0.25) is 4.79 Å². The fourth-order valence-electron chi connectivity index (χ4n) is 2.16. The van der Waals surface area contributed by atoms with Gasteiger partial charge in [-0.15, -0.1) is 0 Å². The van der Waals surface area contributed by atoms with Gasteiger partial charge in [0.15, 0.2) is 0 Å². The molecule has 1 amide bonds. The molecule has 0 saturated carbocycles. The lowest BCUT2D eigenvalue weighted by atomic mass is 10.1. The Morgan fingerprint density at radius 3 is 2.64 bits per heavy atom. The molecule has 0 aliphatic rings. The molecule has 116 valence electrons. The summed E-state index contributed by atoms with van der Waals surface area (Å²) in [5.41, 5.74) is 1.65. The molecule has 5 heteroatoms. The Morgan fingerprint density at radius 2 is 1.95 bits per heavy atom. The van der Waals surface area contributed by atoms with E-state index in [9.17, 15) is 13.6 Å². The lowest BCUT2D eigenvalue weighted by Gasteiger charge is -2.18. The van der Waals surface area contributed by atoms with Crippen LogP contribution in [0.2, 0.25) is 0 Å². The van der Waals surface area contributed by atoms with Gasteiger partial charge in [-0.2, -0.15) is 0 Å². The number of carbonyl (C=O) groups excluding carboxylic acids is 1. The van der Waals surface area contributed by atoms with Crippen molar-refractivity contribution in [1.29, 1.82) is 0 Å². The van der Waals surface area contributed by atoms with Gasteiger partial charge in [0.05, 0.1) is 6.61 Å². The van der Waals surface area contributed by atoms with Crippen molar-refractivity contribution >= 4 is 5.91 Å². The monoisotopic (exact) mass is 305 g/mol. The summed E-state index contributed by atoms with van der Waals surface area (Å²) in [7, 11) is 3.16. The summed E-state index contributed by atoms with van der Waals surface area (Å²) in [6, 6.07) is 10.4. The summed E-state index contributed by atoms with van der Waals surface area (Å²) < 4.78 is 31.6. The topological polar surface area (TPSA) is 29.5 Å². The average Bonchev–Trinajstić information content (AvgIpc) is 2.50. The first kappa shape index (κ1) is 16.1. The molecule has 0 heterocycles. The van der Waals surface area contributed by atoms with Crippen LogP contribution in [0.15, 0.2) is 42.5 Å². The molecule has 0 aromatic heterocycles. The summed E-state index contributed by atoms with van der Waals surface area (Å²) in [6.07, 6.45) is 0. The van der Waals surface area contributed by atoms with Crippen molar-refractivity contribution in [3.63, 3.8) is 0 Å². The zero-order valence-corrected chi connectivity index (χ0v) is 12.5. The maximum absolute atomic E-state index is 13.6. The van der Waals surface area contributed by atoms with Crippen molar-refractivity contribution < 1.29 is 18.3 Å². The van der Waals surface area contributed by atoms with Crippen molar-refractivity contribution in [3.05, 3.63) is 70.8 Å². The van der Waals surface area contributed by atoms with Crippen LogP contribution in [0.4, 0.5) is 8.78 Å². The predicted octanol–water partition coefficient (Wildman–Crippen LogP) is 3.38. The number of halogens is 2. The fraction of sp³-hybridized carbons (Fsp3) is 0.235. The molecule has 0 aliphatic heterocycles. The summed E-state index contributed by atoms with van der Waals surface area (Å²) in [6.45, 7) is 0.483. The van der Waals surface area contributed by atoms with E-state index in [1.807, 2.05) is 6.07 Å². The summed E-state index contributed by atoms with van der Waals surface area (Å²) in [4.78, 5) is 13.8. The molecule has 0 bridgehead atoms. The van der Waals surface area contributed by atoms with Gasteiger partial charge in [-0.25, -0.2) is 8.78 Å². The maximum Gasteiger partial charge on any atom is 0.253 e. The first-order valence-electron chi connectivity index (χ1n) is 6.78. The third kappa shape index (κ3) is 3.89. The van der Waals surface area contributed by atoms with E-state index < -0.39 is 11.6 Å². The zero-order chi connectivity index (χ0) is 16.1. The molecule has 0 fully saturated rings. The molecular formula is C17H17F2NO2. The molecule has 0 aliphatic carbocycles. The first-order valence-corrected chi connectivity index (χ1v) is 6.78. The summed E-state index contributed by atoms with van der Waals surface area (Å²) >= 11 is 0. The molecule has 0 unspecified atom stereocenters. The third-order valence-electron chi connectivity index (χ3n) is 3.25. The minimum absolute atomic E-state index is 0.0689. The second-order valence-corrected chi connectivity index (χ2v) is 5.03. The van der Waals surface area contributed by atoms with E-state index in [1.54, 1.807) is 32.4 Å². The Labute approximate surface area is 128 Å². The normalized spacial score (nSPS) is 10.5. The van der Waals surface area contributed by atoms with Crippen molar-refractivity contribution in [2.45, 2.75) is 13.2 Å². The van der Waals surface area contributed by atoms with E-state index in [0.717, 1.165) is 11.6 Å². The fourth-order valence-corrected chi connectivity index (χ4v) is 2.16. The van der Waals surface area contributed by atoms with Crippen LogP contribution in [0.5, 0.6) is 0 Å². The lowest BCUT2D eigenvalue weighted by Crippen LogP contribution is -2.26. The van der Waals surface area contributed by atoms with E-state index >= 15 is 0 Å². The number of carbonyl (C=O) groups is 1. The van der Waals surface area contributed by atoms with Gasteiger partial charge in [-0.1, -0.05) is 18.2 Å². The Morgan fingerprint density at radius 1 is 1.18 bits per heavy atom. The minimum atomic E-state index is -0.659. The van der Waals surface area contributed by atoms with Crippen molar-refractivity contribution in [2.75, 3.05) is 14.2 Å². The molecule has 2 rings (SSSR count). The largest absolute Gasteiger partial charge is 0.380 e. The quantitative estimate of drug-likeness (QED) is 0.847. The molecular weight excluding hydrogens is 288 g/mol. The lowest BCUT2D eigenvalue weighted by molar-refractivity contribution is 0.0783. The van der Waals surface area contributed by atoms with Gasteiger partial charge in [-0.05, 0) is 23.8 Å². The molecule has 22 heavy (non-hydrogen) atoms. The summed E-state index contributed by atoms with van der Waals surface area (Å²) in [5, 5.41) is 0. The minimum Gasteiger partial charge on any atom is -0.380 e. The van der Waals surface area contributed by atoms with Gasteiger partial charge in [0.2, 0.25) is 0 Å². The number of benzene rings is 2.